The molecule has 1 rings (SSSR count). The Morgan fingerprint density at radius 2 is 1.68 bits per heavy atom. The van der Waals surface area contributed by atoms with Crippen LogP contribution in [0.5, 0.6) is 0 Å². The average molecular weight is 269 g/mol. The number of hydrogen-bond acceptors (Lipinski definition) is 2. The summed E-state index contributed by atoms with van der Waals surface area (Å²) in [5.41, 5.74) is 0. The highest BCUT2D eigenvalue weighted by molar-refractivity contribution is 5.76. The maximum Gasteiger partial charge on any atom is 0.220 e. The monoisotopic (exact) mass is 269 g/mol. The van der Waals surface area contributed by atoms with Crippen LogP contribution in [-0.2, 0) is 4.79 Å². The van der Waals surface area contributed by atoms with E-state index in [-0.39, 0.29) is 18.1 Å². The number of hydrogen-bond donors (Lipinski definition) is 2. The van der Waals surface area contributed by atoms with Gasteiger partial charge < -0.3 is 10.4 Å². The number of amides is 1. The standard InChI is InChI=1S/C16H31NO2/c1-2-3-4-5-6-7-8-13-16(19)17-14-11-9-10-12-15(14)18/h14-15,18H,2-13H2,1H3,(H,17,19)/t14-,15-/m1/s1. The molecule has 1 saturated carbocycles. The van der Waals surface area contributed by atoms with Crippen molar-refractivity contribution in [1.29, 1.82) is 0 Å². The highest BCUT2D eigenvalue weighted by atomic mass is 16.3. The second-order valence-electron chi connectivity index (χ2n) is 5.90. The first-order valence-corrected chi connectivity index (χ1v) is 8.21. The molecule has 0 aromatic heterocycles. The van der Waals surface area contributed by atoms with Crippen molar-refractivity contribution >= 4 is 5.91 Å². The second-order valence-corrected chi connectivity index (χ2v) is 5.90. The van der Waals surface area contributed by atoms with Crippen LogP contribution in [0.3, 0.4) is 0 Å². The highest BCUT2D eigenvalue weighted by Gasteiger charge is 2.23. The highest BCUT2D eigenvalue weighted by Crippen LogP contribution is 2.18. The van der Waals surface area contributed by atoms with Crippen molar-refractivity contribution < 1.29 is 9.90 Å². The molecule has 0 bridgehead atoms. The fraction of sp³-hybridized carbons (Fsp3) is 0.938. The van der Waals surface area contributed by atoms with Gasteiger partial charge >= 0.3 is 0 Å². The van der Waals surface area contributed by atoms with Crippen molar-refractivity contribution in [3.63, 3.8) is 0 Å². The molecule has 1 aliphatic rings. The zero-order chi connectivity index (χ0) is 13.9. The maximum absolute atomic E-state index is 11.8. The third-order valence-electron chi connectivity index (χ3n) is 4.08. The molecule has 0 aliphatic heterocycles. The lowest BCUT2D eigenvalue weighted by atomic mass is 9.92. The first kappa shape index (κ1) is 16.5. The summed E-state index contributed by atoms with van der Waals surface area (Å²) < 4.78 is 0. The molecule has 2 N–H and O–H groups in total. The molecular weight excluding hydrogens is 238 g/mol. The van der Waals surface area contributed by atoms with E-state index in [1.807, 2.05) is 0 Å². The summed E-state index contributed by atoms with van der Waals surface area (Å²) in [5.74, 6) is 0.125. The van der Waals surface area contributed by atoms with Crippen LogP contribution in [0, 0.1) is 0 Å². The molecule has 112 valence electrons. The molecule has 3 heteroatoms. The summed E-state index contributed by atoms with van der Waals surface area (Å²) in [6, 6.07) is 0.00537. The van der Waals surface area contributed by atoms with Crippen LogP contribution >= 0.6 is 0 Å². The van der Waals surface area contributed by atoms with Gasteiger partial charge in [-0.2, -0.15) is 0 Å². The van der Waals surface area contributed by atoms with Gasteiger partial charge in [-0.1, -0.05) is 58.3 Å². The molecule has 1 fully saturated rings. The topological polar surface area (TPSA) is 49.3 Å². The smallest absolute Gasteiger partial charge is 0.220 e. The third kappa shape index (κ3) is 7.56. The molecule has 2 atom stereocenters. The third-order valence-corrected chi connectivity index (χ3v) is 4.08. The van der Waals surface area contributed by atoms with Crippen molar-refractivity contribution in [2.75, 3.05) is 0 Å². The van der Waals surface area contributed by atoms with Gasteiger partial charge in [-0.3, -0.25) is 4.79 Å². The van der Waals surface area contributed by atoms with Crippen LogP contribution in [0.2, 0.25) is 0 Å². The molecule has 0 spiro atoms. The van der Waals surface area contributed by atoms with E-state index in [2.05, 4.69) is 12.2 Å². The lowest BCUT2D eigenvalue weighted by molar-refractivity contribution is -0.123. The number of rotatable bonds is 9. The maximum atomic E-state index is 11.8. The van der Waals surface area contributed by atoms with Crippen LogP contribution in [-0.4, -0.2) is 23.2 Å². The van der Waals surface area contributed by atoms with Gasteiger partial charge in [-0.15, -0.1) is 0 Å². The Balaban J connectivity index is 1.98. The molecule has 0 radical (unpaired) electrons. The molecule has 1 aliphatic carbocycles. The normalized spacial score (nSPS) is 23.3. The van der Waals surface area contributed by atoms with Crippen molar-refractivity contribution in [3.8, 4) is 0 Å². The molecule has 0 unspecified atom stereocenters. The summed E-state index contributed by atoms with van der Waals surface area (Å²) in [4.78, 5) is 11.8. The van der Waals surface area contributed by atoms with E-state index in [0.29, 0.717) is 6.42 Å². The Bertz CT molecular complexity index is 243. The molecule has 3 nitrogen and oxygen atoms in total. The Morgan fingerprint density at radius 1 is 1.05 bits per heavy atom. The average Bonchev–Trinajstić information content (AvgIpc) is 2.40. The fourth-order valence-corrected chi connectivity index (χ4v) is 2.80. The SMILES string of the molecule is CCCCCCCCCC(=O)N[C@@H]1CCCC[C@H]1O. The molecule has 0 heterocycles. The van der Waals surface area contributed by atoms with Crippen molar-refractivity contribution in [2.45, 2.75) is 96.1 Å². The van der Waals surface area contributed by atoms with Crippen LogP contribution in [0.15, 0.2) is 0 Å². The lowest BCUT2D eigenvalue weighted by Gasteiger charge is -2.28. The van der Waals surface area contributed by atoms with Crippen molar-refractivity contribution in [3.05, 3.63) is 0 Å². The van der Waals surface area contributed by atoms with E-state index in [9.17, 15) is 9.90 Å². The first-order chi connectivity index (χ1) is 9.24. The van der Waals surface area contributed by atoms with E-state index >= 15 is 0 Å². The summed E-state index contributed by atoms with van der Waals surface area (Å²) in [7, 11) is 0. The summed E-state index contributed by atoms with van der Waals surface area (Å²) >= 11 is 0. The Hall–Kier alpha value is -0.570. The number of aliphatic hydroxyl groups is 1. The Labute approximate surface area is 118 Å². The summed E-state index contributed by atoms with van der Waals surface area (Å²) in [6.07, 6.45) is 12.9. The van der Waals surface area contributed by atoms with Gasteiger partial charge in [0.2, 0.25) is 5.91 Å². The van der Waals surface area contributed by atoms with E-state index in [0.717, 1.165) is 38.5 Å². The van der Waals surface area contributed by atoms with Gasteiger partial charge in [0.25, 0.3) is 0 Å². The minimum absolute atomic E-state index is 0.00537. The minimum Gasteiger partial charge on any atom is -0.391 e. The van der Waals surface area contributed by atoms with Gasteiger partial charge in [0, 0.05) is 6.42 Å². The van der Waals surface area contributed by atoms with Crippen LogP contribution in [0.1, 0.15) is 84.0 Å². The number of nitrogens with one attached hydrogen (secondary N) is 1. The van der Waals surface area contributed by atoms with Gasteiger partial charge in [-0.25, -0.2) is 0 Å². The predicted molar refractivity (Wildman–Crippen MR) is 79.0 cm³/mol. The van der Waals surface area contributed by atoms with Gasteiger partial charge in [0.15, 0.2) is 0 Å². The molecule has 0 aromatic rings. The van der Waals surface area contributed by atoms with Crippen LogP contribution < -0.4 is 5.32 Å². The van der Waals surface area contributed by atoms with E-state index in [1.54, 1.807) is 0 Å². The zero-order valence-electron chi connectivity index (χ0n) is 12.5. The number of carbonyl (C=O) groups excluding carboxylic acids is 1. The van der Waals surface area contributed by atoms with Crippen LogP contribution in [0.25, 0.3) is 0 Å². The minimum atomic E-state index is -0.327. The van der Waals surface area contributed by atoms with Gasteiger partial charge in [-0.05, 0) is 19.3 Å². The molecular formula is C16H31NO2. The quantitative estimate of drug-likeness (QED) is 0.629. The van der Waals surface area contributed by atoms with Gasteiger partial charge in [0.05, 0.1) is 12.1 Å². The van der Waals surface area contributed by atoms with Crippen LogP contribution in [0.4, 0.5) is 0 Å². The largest absolute Gasteiger partial charge is 0.391 e. The molecule has 19 heavy (non-hydrogen) atoms. The van der Waals surface area contributed by atoms with Crippen molar-refractivity contribution in [1.82, 2.24) is 5.32 Å². The van der Waals surface area contributed by atoms with Crippen molar-refractivity contribution in [2.24, 2.45) is 0 Å². The van der Waals surface area contributed by atoms with Gasteiger partial charge in [0.1, 0.15) is 0 Å². The molecule has 0 saturated heterocycles. The van der Waals surface area contributed by atoms with E-state index < -0.39 is 0 Å². The predicted octanol–water partition coefficient (Wildman–Crippen LogP) is 3.55. The second kappa shape index (κ2) is 10.2. The Morgan fingerprint density at radius 3 is 2.37 bits per heavy atom. The molecule has 1 amide bonds. The summed E-state index contributed by atoms with van der Waals surface area (Å²) in [5, 5.41) is 12.8. The van der Waals surface area contributed by atoms with E-state index in [1.165, 1.54) is 32.1 Å². The van der Waals surface area contributed by atoms with E-state index in [4.69, 9.17) is 0 Å². The fourth-order valence-electron chi connectivity index (χ4n) is 2.80. The Kier molecular flexibility index (Phi) is 8.89. The number of unbranched alkanes of at least 4 members (excludes halogenated alkanes) is 6. The number of carbonyl (C=O) groups is 1. The summed E-state index contributed by atoms with van der Waals surface area (Å²) in [6.45, 7) is 2.23. The lowest BCUT2D eigenvalue weighted by Crippen LogP contribution is -2.44. The molecule has 0 aromatic carbocycles. The number of aliphatic hydroxyl groups excluding tert-OH is 1. The first-order valence-electron chi connectivity index (χ1n) is 8.21. The zero-order valence-corrected chi connectivity index (χ0v) is 12.5.